The molecule has 0 saturated heterocycles. The van der Waals surface area contributed by atoms with Gasteiger partial charge in [0.25, 0.3) is 0 Å². The van der Waals surface area contributed by atoms with Crippen LogP contribution in [-0.2, 0) is 23.1 Å². The average molecular weight is 401 g/mol. The number of carbonyl (C=O) groups excluding carboxylic acids is 2. The summed E-state index contributed by atoms with van der Waals surface area (Å²) in [7, 11) is 1.73. The molecule has 0 aliphatic carbocycles. The maximum Gasteiger partial charge on any atom is 0.234 e. The van der Waals surface area contributed by atoms with Crippen molar-refractivity contribution in [2.24, 2.45) is 7.05 Å². The third-order valence-electron chi connectivity index (χ3n) is 3.81. The van der Waals surface area contributed by atoms with E-state index in [-0.39, 0.29) is 29.1 Å². The molecule has 0 aliphatic heterocycles. The molecule has 3 rings (SSSR count). The number of thioether (sulfide) groups is 1. The number of hydrogen-bond acceptors (Lipinski definition) is 8. The van der Waals surface area contributed by atoms with Gasteiger partial charge in [-0.15, -0.1) is 10.2 Å². The van der Waals surface area contributed by atoms with Crippen LogP contribution in [0.5, 0.6) is 0 Å². The molecule has 2 heterocycles. The number of anilines is 2. The second-order valence-corrected chi connectivity index (χ2v) is 6.84. The van der Waals surface area contributed by atoms with Crippen LogP contribution in [0.1, 0.15) is 19.4 Å². The van der Waals surface area contributed by atoms with Gasteiger partial charge < -0.3 is 15.2 Å². The Labute approximate surface area is 165 Å². The Morgan fingerprint density at radius 3 is 2.57 bits per heavy atom. The zero-order valence-corrected chi connectivity index (χ0v) is 16.4. The van der Waals surface area contributed by atoms with Gasteiger partial charge in [-0.25, -0.2) is 4.63 Å². The minimum atomic E-state index is -0.308. The number of nitrogens with zero attached hydrogens (tertiary/aromatic N) is 5. The molecule has 0 aliphatic rings. The quantitative estimate of drug-likeness (QED) is 0.576. The lowest BCUT2D eigenvalue weighted by Gasteiger charge is -2.06. The Hall–Kier alpha value is -3.21. The van der Waals surface area contributed by atoms with Crippen molar-refractivity contribution in [3.05, 3.63) is 29.8 Å². The van der Waals surface area contributed by atoms with Crippen molar-refractivity contribution < 1.29 is 14.2 Å². The molecule has 0 spiro atoms. The highest BCUT2D eigenvalue weighted by molar-refractivity contribution is 7.99. The predicted molar refractivity (Wildman–Crippen MR) is 104 cm³/mol. The Balaban J connectivity index is 1.63. The summed E-state index contributed by atoms with van der Waals surface area (Å²) in [5.41, 5.74) is 2.22. The van der Waals surface area contributed by atoms with Gasteiger partial charge in [0.2, 0.25) is 17.6 Å². The number of rotatable bonds is 7. The molecular weight excluding hydrogens is 382 g/mol. The standard InChI is InChI=1S/C17H19N7O3S/c1-4-11-5-7-12(8-6-11)19-13(26)9-28-17-21-20-16(24(17)3)14-15(18-10(2)25)23-27-22-14/h5-8H,4,9H2,1-3H3,(H,19,26)(H,18,23,25). The van der Waals surface area contributed by atoms with Crippen LogP contribution >= 0.6 is 11.8 Å². The van der Waals surface area contributed by atoms with E-state index >= 15 is 0 Å². The van der Waals surface area contributed by atoms with Crippen LogP contribution in [0.2, 0.25) is 0 Å². The van der Waals surface area contributed by atoms with Crippen molar-refractivity contribution in [3.8, 4) is 11.5 Å². The highest BCUT2D eigenvalue weighted by atomic mass is 32.2. The van der Waals surface area contributed by atoms with Crippen molar-refractivity contribution in [2.75, 3.05) is 16.4 Å². The molecule has 0 saturated carbocycles. The highest BCUT2D eigenvalue weighted by Crippen LogP contribution is 2.26. The minimum absolute atomic E-state index is 0.152. The molecule has 0 bridgehead atoms. The Bertz CT molecular complexity index is 981. The van der Waals surface area contributed by atoms with E-state index in [4.69, 9.17) is 0 Å². The van der Waals surface area contributed by atoms with Crippen molar-refractivity contribution in [1.29, 1.82) is 0 Å². The smallest absolute Gasteiger partial charge is 0.234 e. The van der Waals surface area contributed by atoms with Crippen LogP contribution in [0.25, 0.3) is 11.5 Å². The van der Waals surface area contributed by atoms with Crippen LogP contribution < -0.4 is 10.6 Å². The topological polar surface area (TPSA) is 128 Å². The summed E-state index contributed by atoms with van der Waals surface area (Å²) in [5.74, 6) is 0.228. The lowest BCUT2D eigenvalue weighted by molar-refractivity contribution is -0.114. The van der Waals surface area contributed by atoms with Crippen LogP contribution in [-0.4, -0.2) is 42.6 Å². The lowest BCUT2D eigenvalue weighted by atomic mass is 10.1. The number of hydrogen-bond donors (Lipinski definition) is 2. The first-order valence-electron chi connectivity index (χ1n) is 8.49. The Morgan fingerprint density at radius 2 is 1.89 bits per heavy atom. The van der Waals surface area contributed by atoms with Gasteiger partial charge >= 0.3 is 0 Å². The molecule has 3 aromatic rings. The summed E-state index contributed by atoms with van der Waals surface area (Å²) in [6, 6.07) is 7.72. The number of amides is 2. The van der Waals surface area contributed by atoms with Crippen LogP contribution in [0.15, 0.2) is 34.1 Å². The molecule has 0 atom stereocenters. The van der Waals surface area contributed by atoms with Crippen molar-refractivity contribution in [2.45, 2.75) is 25.4 Å². The first kappa shape index (κ1) is 19.5. The van der Waals surface area contributed by atoms with Crippen LogP contribution in [0.4, 0.5) is 11.5 Å². The molecule has 2 aromatic heterocycles. The van der Waals surface area contributed by atoms with E-state index in [1.807, 2.05) is 24.3 Å². The van der Waals surface area contributed by atoms with Gasteiger partial charge in [-0.3, -0.25) is 9.59 Å². The van der Waals surface area contributed by atoms with E-state index < -0.39 is 0 Å². The molecule has 146 valence electrons. The second-order valence-electron chi connectivity index (χ2n) is 5.90. The maximum absolute atomic E-state index is 12.2. The molecule has 10 nitrogen and oxygen atoms in total. The Morgan fingerprint density at radius 1 is 1.14 bits per heavy atom. The summed E-state index contributed by atoms with van der Waals surface area (Å²) in [5, 5.41) is 21.4. The van der Waals surface area contributed by atoms with E-state index in [1.54, 1.807) is 11.6 Å². The predicted octanol–water partition coefficient (Wildman–Crippen LogP) is 2.12. The second kappa shape index (κ2) is 8.65. The fraction of sp³-hybridized carbons (Fsp3) is 0.294. The molecule has 0 radical (unpaired) electrons. The lowest BCUT2D eigenvalue weighted by Crippen LogP contribution is -2.14. The van der Waals surface area contributed by atoms with E-state index in [9.17, 15) is 9.59 Å². The number of aryl methyl sites for hydroxylation is 1. The summed E-state index contributed by atoms with van der Waals surface area (Å²) in [6.07, 6.45) is 0.948. The van der Waals surface area contributed by atoms with Crippen LogP contribution in [0, 0.1) is 0 Å². The number of nitrogens with one attached hydrogen (secondary N) is 2. The van der Waals surface area contributed by atoms with E-state index in [0.717, 1.165) is 12.1 Å². The molecule has 2 amide bonds. The summed E-state index contributed by atoms with van der Waals surface area (Å²) < 4.78 is 6.33. The first-order valence-corrected chi connectivity index (χ1v) is 9.48. The van der Waals surface area contributed by atoms with E-state index in [2.05, 4.69) is 42.7 Å². The fourth-order valence-electron chi connectivity index (χ4n) is 2.38. The average Bonchev–Trinajstić information content (AvgIpc) is 3.26. The minimum Gasteiger partial charge on any atom is -0.325 e. The molecule has 0 fully saturated rings. The fourth-order valence-corrected chi connectivity index (χ4v) is 3.09. The van der Waals surface area contributed by atoms with Gasteiger partial charge in [-0.05, 0) is 34.4 Å². The number of carbonyl (C=O) groups is 2. The molecule has 1 aromatic carbocycles. The molecular formula is C17H19N7O3S. The first-order chi connectivity index (χ1) is 13.5. The van der Waals surface area contributed by atoms with Crippen molar-refractivity contribution in [1.82, 2.24) is 25.1 Å². The summed E-state index contributed by atoms with van der Waals surface area (Å²) in [6.45, 7) is 3.43. The van der Waals surface area contributed by atoms with Gasteiger partial charge in [0, 0.05) is 19.7 Å². The summed E-state index contributed by atoms with van der Waals surface area (Å²) in [4.78, 5) is 23.4. The Kier molecular flexibility index (Phi) is 6.04. The monoisotopic (exact) mass is 401 g/mol. The molecule has 0 unspecified atom stereocenters. The van der Waals surface area contributed by atoms with Gasteiger partial charge in [0.1, 0.15) is 0 Å². The van der Waals surface area contributed by atoms with E-state index in [1.165, 1.54) is 24.2 Å². The zero-order valence-electron chi connectivity index (χ0n) is 15.6. The largest absolute Gasteiger partial charge is 0.325 e. The van der Waals surface area contributed by atoms with Gasteiger partial charge in [-0.2, -0.15) is 0 Å². The van der Waals surface area contributed by atoms with Gasteiger partial charge in [0.05, 0.1) is 5.75 Å². The molecule has 11 heteroatoms. The van der Waals surface area contributed by atoms with Gasteiger partial charge in [0.15, 0.2) is 16.7 Å². The number of benzene rings is 1. The van der Waals surface area contributed by atoms with Crippen molar-refractivity contribution >= 4 is 35.1 Å². The van der Waals surface area contributed by atoms with Crippen molar-refractivity contribution in [3.63, 3.8) is 0 Å². The maximum atomic E-state index is 12.2. The number of aromatic nitrogens is 5. The van der Waals surface area contributed by atoms with Gasteiger partial charge in [-0.1, -0.05) is 30.8 Å². The summed E-state index contributed by atoms with van der Waals surface area (Å²) >= 11 is 1.23. The normalized spacial score (nSPS) is 10.7. The molecule has 2 N–H and O–H groups in total. The van der Waals surface area contributed by atoms with E-state index in [0.29, 0.717) is 11.0 Å². The highest BCUT2D eigenvalue weighted by Gasteiger charge is 2.21. The zero-order chi connectivity index (χ0) is 20.1. The van der Waals surface area contributed by atoms with Crippen LogP contribution in [0.3, 0.4) is 0 Å². The molecule has 28 heavy (non-hydrogen) atoms. The third-order valence-corrected chi connectivity index (χ3v) is 4.83. The SMILES string of the molecule is CCc1ccc(NC(=O)CSc2nnc(-c3nonc3NC(C)=O)n2C)cc1. The third kappa shape index (κ3) is 4.55.